The Morgan fingerprint density at radius 2 is 0.617 bits per heavy atom. The van der Waals surface area contributed by atoms with Crippen LogP contribution in [0, 0.1) is 0 Å². The van der Waals surface area contributed by atoms with E-state index in [4.69, 9.17) is 19.9 Å². The van der Waals surface area contributed by atoms with Crippen LogP contribution in [0.4, 0.5) is 0 Å². The lowest BCUT2D eigenvalue weighted by molar-refractivity contribution is 1.08. The molecule has 0 saturated heterocycles. The van der Waals surface area contributed by atoms with Gasteiger partial charge in [0.1, 0.15) is 11.4 Å². The molecule has 0 saturated carbocycles. The molecule has 6 heteroatoms. The van der Waals surface area contributed by atoms with Gasteiger partial charge in [-0.25, -0.2) is 19.9 Å². The monoisotopic (exact) mass is 764 g/mol. The number of para-hydroxylation sites is 6. The molecule has 9 aromatic carbocycles. The van der Waals surface area contributed by atoms with Gasteiger partial charge in [0, 0.05) is 32.7 Å². The minimum Gasteiger partial charge on any atom is -0.292 e. The molecule has 4 heterocycles. The number of rotatable bonds is 4. The van der Waals surface area contributed by atoms with Crippen LogP contribution in [0.25, 0.3) is 121 Å². The molecule has 0 aliphatic carbocycles. The van der Waals surface area contributed by atoms with Crippen molar-refractivity contribution >= 4 is 87.2 Å². The maximum Gasteiger partial charge on any atom is 0.165 e. The standard InChI is InChI=1S/C54H32N6/c1-3-19-35-33(15-1)17-13-23-39(35)51-53(57-45-27-9-7-25-43(45)55-51)59-47-29-11-5-21-37(47)41-32-50-42(31-49(41)59)38-22-6-12-30-48(38)60(50)54-52(56-44-26-8-10-28-46(44)58-54)40-24-14-18-34-16-2-4-20-36(34)40/h1-32H. The van der Waals surface area contributed by atoms with Crippen molar-refractivity contribution in [3.8, 4) is 34.2 Å². The Morgan fingerprint density at radius 3 is 1.07 bits per heavy atom. The summed E-state index contributed by atoms with van der Waals surface area (Å²) >= 11 is 0. The summed E-state index contributed by atoms with van der Waals surface area (Å²) in [6.07, 6.45) is 0. The Kier molecular flexibility index (Phi) is 6.91. The molecule has 60 heavy (non-hydrogen) atoms. The zero-order chi connectivity index (χ0) is 39.3. The first kappa shape index (κ1) is 32.8. The van der Waals surface area contributed by atoms with Crippen LogP contribution in [0.5, 0.6) is 0 Å². The smallest absolute Gasteiger partial charge is 0.165 e. The van der Waals surface area contributed by atoms with E-state index in [1.807, 2.05) is 36.4 Å². The molecular weight excluding hydrogens is 733 g/mol. The number of fused-ring (bicyclic) bond motifs is 10. The molecular formula is C54H32N6. The zero-order valence-electron chi connectivity index (χ0n) is 32.2. The topological polar surface area (TPSA) is 61.4 Å². The SMILES string of the molecule is c1ccc2c(-c3nc4ccccc4nc3-n3c4ccccc4c4cc5c(cc43)c3ccccc3n5-c3nc4ccccc4nc3-c3cccc4ccccc34)cccc2c1. The first-order chi connectivity index (χ1) is 29.8. The van der Waals surface area contributed by atoms with Crippen molar-refractivity contribution in [3.63, 3.8) is 0 Å². The highest BCUT2D eigenvalue weighted by molar-refractivity contribution is 6.19. The number of benzene rings is 9. The van der Waals surface area contributed by atoms with Gasteiger partial charge in [-0.3, -0.25) is 9.13 Å². The zero-order valence-corrected chi connectivity index (χ0v) is 32.2. The van der Waals surface area contributed by atoms with Crippen molar-refractivity contribution in [2.24, 2.45) is 0 Å². The largest absolute Gasteiger partial charge is 0.292 e. The third-order valence-electron chi connectivity index (χ3n) is 12.1. The van der Waals surface area contributed by atoms with Gasteiger partial charge in [-0.05, 0) is 70.1 Å². The number of aromatic nitrogens is 6. The van der Waals surface area contributed by atoms with Crippen molar-refractivity contribution in [3.05, 3.63) is 194 Å². The van der Waals surface area contributed by atoms with Gasteiger partial charge in [-0.1, -0.05) is 146 Å². The Balaban J connectivity index is 1.16. The molecule has 0 N–H and O–H groups in total. The number of nitrogens with zero attached hydrogens (tertiary/aromatic N) is 6. The summed E-state index contributed by atoms with van der Waals surface area (Å²) in [5.41, 5.74) is 11.4. The fourth-order valence-corrected chi connectivity index (χ4v) is 9.41. The van der Waals surface area contributed by atoms with Gasteiger partial charge in [-0.2, -0.15) is 0 Å². The van der Waals surface area contributed by atoms with Crippen LogP contribution in [0.2, 0.25) is 0 Å². The molecule has 0 aliphatic heterocycles. The Hall–Kier alpha value is -8.22. The summed E-state index contributed by atoms with van der Waals surface area (Å²) in [5.74, 6) is 1.58. The minimum atomic E-state index is 0.790. The van der Waals surface area contributed by atoms with Gasteiger partial charge in [-0.15, -0.1) is 0 Å². The molecule has 0 unspecified atom stereocenters. The van der Waals surface area contributed by atoms with Crippen LogP contribution in [-0.2, 0) is 0 Å². The van der Waals surface area contributed by atoms with Crippen LogP contribution in [0.15, 0.2) is 194 Å². The van der Waals surface area contributed by atoms with Gasteiger partial charge in [0.05, 0.1) is 44.1 Å². The second-order valence-corrected chi connectivity index (χ2v) is 15.4. The predicted molar refractivity (Wildman–Crippen MR) is 247 cm³/mol. The quantitative estimate of drug-likeness (QED) is 0.179. The molecule has 0 fully saturated rings. The molecule has 0 spiro atoms. The Labute approximate surface area is 343 Å². The van der Waals surface area contributed by atoms with E-state index in [1.54, 1.807) is 0 Å². The van der Waals surface area contributed by atoms with E-state index in [2.05, 4.69) is 167 Å². The van der Waals surface area contributed by atoms with Gasteiger partial charge in [0.2, 0.25) is 0 Å². The Morgan fingerprint density at radius 1 is 0.267 bits per heavy atom. The Bertz CT molecular complexity index is 3650. The highest BCUT2D eigenvalue weighted by atomic mass is 15.1. The van der Waals surface area contributed by atoms with Gasteiger partial charge in [0.15, 0.2) is 11.6 Å². The summed E-state index contributed by atoms with van der Waals surface area (Å²) in [6, 6.07) is 68.2. The van der Waals surface area contributed by atoms with Crippen molar-refractivity contribution < 1.29 is 0 Å². The molecule has 13 rings (SSSR count). The fraction of sp³-hybridized carbons (Fsp3) is 0. The van der Waals surface area contributed by atoms with Gasteiger partial charge in [0.25, 0.3) is 0 Å². The summed E-state index contributed by atoms with van der Waals surface area (Å²) in [5, 5.41) is 9.07. The summed E-state index contributed by atoms with van der Waals surface area (Å²) in [7, 11) is 0. The van der Waals surface area contributed by atoms with E-state index < -0.39 is 0 Å². The second-order valence-electron chi connectivity index (χ2n) is 15.4. The third-order valence-corrected chi connectivity index (χ3v) is 12.1. The molecule has 0 radical (unpaired) electrons. The first-order valence-corrected chi connectivity index (χ1v) is 20.2. The molecule has 13 aromatic rings. The van der Waals surface area contributed by atoms with E-state index in [9.17, 15) is 0 Å². The van der Waals surface area contributed by atoms with Crippen molar-refractivity contribution in [1.29, 1.82) is 0 Å². The van der Waals surface area contributed by atoms with E-state index in [-0.39, 0.29) is 0 Å². The van der Waals surface area contributed by atoms with E-state index >= 15 is 0 Å². The molecule has 0 amide bonds. The number of hydrogen-bond acceptors (Lipinski definition) is 4. The average Bonchev–Trinajstić information content (AvgIpc) is 3.81. The summed E-state index contributed by atoms with van der Waals surface area (Å²) in [4.78, 5) is 21.8. The summed E-state index contributed by atoms with van der Waals surface area (Å²) in [6.45, 7) is 0. The van der Waals surface area contributed by atoms with Crippen LogP contribution in [0.3, 0.4) is 0 Å². The van der Waals surface area contributed by atoms with Crippen molar-refractivity contribution in [1.82, 2.24) is 29.1 Å². The number of hydrogen-bond donors (Lipinski definition) is 0. The van der Waals surface area contributed by atoms with Gasteiger partial charge < -0.3 is 0 Å². The minimum absolute atomic E-state index is 0.790. The van der Waals surface area contributed by atoms with E-state index in [1.165, 1.54) is 0 Å². The molecule has 278 valence electrons. The lowest BCUT2D eigenvalue weighted by Crippen LogP contribution is -2.04. The first-order valence-electron chi connectivity index (χ1n) is 20.2. The molecule has 4 aromatic heterocycles. The van der Waals surface area contributed by atoms with E-state index in [0.29, 0.717) is 0 Å². The highest BCUT2D eigenvalue weighted by Gasteiger charge is 2.25. The van der Waals surface area contributed by atoms with Crippen molar-refractivity contribution in [2.45, 2.75) is 0 Å². The van der Waals surface area contributed by atoms with Crippen LogP contribution in [0.1, 0.15) is 0 Å². The lowest BCUT2D eigenvalue weighted by atomic mass is 10.0. The third kappa shape index (κ3) is 4.76. The molecule has 0 aliphatic rings. The fourth-order valence-electron chi connectivity index (χ4n) is 9.41. The second kappa shape index (κ2) is 12.6. The van der Waals surface area contributed by atoms with E-state index in [0.717, 1.165) is 121 Å². The predicted octanol–water partition coefficient (Wildman–Crippen LogP) is 13.4. The van der Waals surface area contributed by atoms with Gasteiger partial charge >= 0.3 is 0 Å². The highest BCUT2D eigenvalue weighted by Crippen LogP contribution is 2.43. The maximum atomic E-state index is 5.47. The summed E-state index contributed by atoms with van der Waals surface area (Å²) < 4.78 is 4.65. The van der Waals surface area contributed by atoms with Crippen LogP contribution in [-0.4, -0.2) is 29.1 Å². The lowest BCUT2D eigenvalue weighted by Gasteiger charge is -2.16. The van der Waals surface area contributed by atoms with Crippen LogP contribution < -0.4 is 0 Å². The normalized spacial score (nSPS) is 12.0. The average molecular weight is 765 g/mol. The molecule has 6 nitrogen and oxygen atoms in total. The maximum absolute atomic E-state index is 5.47. The van der Waals surface area contributed by atoms with Crippen LogP contribution >= 0.6 is 0 Å². The van der Waals surface area contributed by atoms with Crippen molar-refractivity contribution in [2.75, 3.05) is 0 Å². The molecule has 0 bridgehead atoms. The molecule has 0 atom stereocenters.